The Balaban J connectivity index is 0.874. The summed E-state index contributed by atoms with van der Waals surface area (Å²) < 4.78 is 14.3. The number of hydrogen-bond donors (Lipinski definition) is 4. The number of nitrogens with zero attached hydrogens (tertiary/aromatic N) is 12. The molecule has 1 fully saturated rings. The Morgan fingerprint density at radius 3 is 2.11 bits per heavy atom. The summed E-state index contributed by atoms with van der Waals surface area (Å²) in [5.74, 6) is 2.05. The van der Waals surface area contributed by atoms with Gasteiger partial charge in [0.2, 0.25) is 11.9 Å². The summed E-state index contributed by atoms with van der Waals surface area (Å²) in [6, 6.07) is 22.9. The SMILES string of the molecule is COc1ccc2sc(CNc3nncc(-c4cc(-c5cn(CC(O)c6nnc(NCc7nc8cc(OC)ccc8s7)nc6-c6ccc(N7CCNCC7)cc6Cl)nn5)ccc4Cl)n3)nc2c1. The fourth-order valence-electron chi connectivity index (χ4n) is 7.44. The number of thiazole rings is 2. The minimum atomic E-state index is -1.20. The van der Waals surface area contributed by atoms with Gasteiger partial charge in [-0.1, -0.05) is 34.5 Å². The molecule has 4 N–H and O–H groups in total. The molecule has 0 bridgehead atoms. The molecule has 9 aromatic rings. The predicted molar refractivity (Wildman–Crippen MR) is 257 cm³/mol. The van der Waals surface area contributed by atoms with E-state index in [-0.39, 0.29) is 18.2 Å². The van der Waals surface area contributed by atoms with E-state index in [0.717, 1.165) is 79.4 Å². The first kappa shape index (κ1) is 43.2. The summed E-state index contributed by atoms with van der Waals surface area (Å²) in [7, 11) is 3.26. The van der Waals surface area contributed by atoms with Crippen molar-refractivity contribution in [3.63, 3.8) is 0 Å². The van der Waals surface area contributed by atoms with Crippen LogP contribution in [0.15, 0.2) is 85.2 Å². The predicted octanol–water partition coefficient (Wildman–Crippen LogP) is 7.56. The average Bonchev–Trinajstić information content (AvgIpc) is 4.11. The van der Waals surface area contributed by atoms with Gasteiger partial charge in [0.1, 0.15) is 44.7 Å². The van der Waals surface area contributed by atoms with Crippen LogP contribution in [0.3, 0.4) is 0 Å². The van der Waals surface area contributed by atoms with Crippen molar-refractivity contribution in [1.82, 2.24) is 60.6 Å². The lowest BCUT2D eigenvalue weighted by atomic mass is 10.1. The lowest BCUT2D eigenvalue weighted by Crippen LogP contribution is -2.43. The van der Waals surface area contributed by atoms with Gasteiger partial charge in [-0.05, 0) is 54.6 Å². The van der Waals surface area contributed by atoms with Crippen molar-refractivity contribution < 1.29 is 14.6 Å². The van der Waals surface area contributed by atoms with Crippen LogP contribution in [-0.4, -0.2) is 101 Å². The van der Waals surface area contributed by atoms with E-state index >= 15 is 0 Å². The first-order valence-corrected chi connectivity index (χ1v) is 23.1. The maximum atomic E-state index is 11.8. The van der Waals surface area contributed by atoms with Crippen LogP contribution in [0, 0.1) is 0 Å². The summed E-state index contributed by atoms with van der Waals surface area (Å²) in [4.78, 5) is 21.3. The quantitative estimate of drug-likeness (QED) is 0.0781. The molecule has 0 amide bonds. The highest BCUT2D eigenvalue weighted by molar-refractivity contribution is 7.18. The van der Waals surface area contributed by atoms with Crippen LogP contribution in [0.5, 0.6) is 11.5 Å². The van der Waals surface area contributed by atoms with Gasteiger partial charge in [-0.25, -0.2) is 24.6 Å². The number of aliphatic hydroxyl groups is 1. The molecule has 18 nitrogen and oxygen atoms in total. The number of nitrogens with one attached hydrogen (secondary N) is 3. The Kier molecular flexibility index (Phi) is 12.5. The van der Waals surface area contributed by atoms with Crippen LogP contribution in [-0.2, 0) is 19.6 Å². The summed E-state index contributed by atoms with van der Waals surface area (Å²) in [5, 5.41) is 50.3. The number of fused-ring (bicyclic) bond motifs is 2. The van der Waals surface area contributed by atoms with Crippen LogP contribution in [0.4, 0.5) is 17.6 Å². The van der Waals surface area contributed by atoms with E-state index in [4.69, 9.17) is 52.6 Å². The smallest absolute Gasteiger partial charge is 0.243 e. The molecule has 1 unspecified atom stereocenters. The number of halogens is 2. The Bertz CT molecular complexity index is 3200. The average molecular weight is 961 g/mol. The standard InChI is InChI=1S/C44H39Cl2N15O3S2/c1-63-26-5-9-37-32(17-26)51-39(65-37)20-48-43-53-34(19-50-57-43)29-15-24(3-8-30(29)45)35-22-61(59-55-35)23-36(62)42-41(28-7-4-25(16-31(28)46)60-13-11-47-12-14-60)54-44(58-56-42)49-21-40-52-33-18-27(64-2)6-10-38(33)66-40/h3-10,15-19,22,36,47,62H,11-14,20-21,23H2,1-2H3,(H,48,53,57)(H,49,54,58). The lowest BCUT2D eigenvalue weighted by Gasteiger charge is -2.29. The van der Waals surface area contributed by atoms with Crippen LogP contribution < -0.4 is 30.3 Å². The number of anilines is 3. The monoisotopic (exact) mass is 959 g/mol. The van der Waals surface area contributed by atoms with Crippen molar-refractivity contribution in [3.8, 4) is 45.3 Å². The maximum Gasteiger partial charge on any atom is 0.243 e. The number of aromatic nitrogens is 11. The zero-order valence-electron chi connectivity index (χ0n) is 35.3. The van der Waals surface area contributed by atoms with Gasteiger partial charge in [0.15, 0.2) is 0 Å². The third-order valence-electron chi connectivity index (χ3n) is 10.8. The molecule has 334 valence electrons. The number of ether oxygens (including phenoxy) is 2. The number of methoxy groups -OCH3 is 2. The van der Waals surface area contributed by atoms with Crippen molar-refractivity contribution in [2.24, 2.45) is 0 Å². The Morgan fingerprint density at radius 2 is 1.42 bits per heavy atom. The molecule has 5 aromatic heterocycles. The highest BCUT2D eigenvalue weighted by atomic mass is 35.5. The number of aliphatic hydroxyl groups excluding tert-OH is 1. The first-order chi connectivity index (χ1) is 32.3. The van der Waals surface area contributed by atoms with Gasteiger partial charge in [0.05, 0.1) is 82.4 Å². The Morgan fingerprint density at radius 1 is 0.727 bits per heavy atom. The summed E-state index contributed by atoms with van der Waals surface area (Å²) in [6.45, 7) is 4.22. The van der Waals surface area contributed by atoms with E-state index in [1.807, 2.05) is 66.7 Å². The maximum absolute atomic E-state index is 11.8. The second-order valence-electron chi connectivity index (χ2n) is 15.1. The van der Waals surface area contributed by atoms with Crippen LogP contribution in [0.25, 0.3) is 54.2 Å². The Hall–Kier alpha value is -6.68. The lowest BCUT2D eigenvalue weighted by molar-refractivity contribution is 0.145. The second-order valence-corrected chi connectivity index (χ2v) is 18.1. The summed E-state index contributed by atoms with van der Waals surface area (Å²) >= 11 is 16.9. The van der Waals surface area contributed by atoms with E-state index in [9.17, 15) is 5.11 Å². The third kappa shape index (κ3) is 9.37. The largest absolute Gasteiger partial charge is 0.497 e. The van der Waals surface area contributed by atoms with E-state index < -0.39 is 6.10 Å². The van der Waals surface area contributed by atoms with E-state index in [1.165, 1.54) is 4.68 Å². The van der Waals surface area contributed by atoms with Gasteiger partial charge in [0, 0.05) is 60.7 Å². The highest BCUT2D eigenvalue weighted by Crippen LogP contribution is 2.36. The van der Waals surface area contributed by atoms with Gasteiger partial charge in [-0.15, -0.1) is 43.1 Å². The molecule has 0 saturated carbocycles. The fourth-order valence-corrected chi connectivity index (χ4v) is 9.70. The van der Waals surface area contributed by atoms with Crippen molar-refractivity contribution >= 4 is 83.9 Å². The van der Waals surface area contributed by atoms with Gasteiger partial charge >= 0.3 is 0 Å². The molecule has 10 rings (SSSR count). The van der Waals surface area contributed by atoms with Crippen molar-refractivity contribution in [2.45, 2.75) is 25.7 Å². The molecule has 1 saturated heterocycles. The molecule has 1 atom stereocenters. The van der Waals surface area contributed by atoms with E-state index in [0.29, 0.717) is 57.3 Å². The van der Waals surface area contributed by atoms with E-state index in [1.54, 1.807) is 55.4 Å². The van der Waals surface area contributed by atoms with Crippen LogP contribution >= 0.6 is 45.9 Å². The number of hydrogen-bond acceptors (Lipinski definition) is 19. The molecule has 1 aliphatic rings. The molecule has 0 radical (unpaired) electrons. The van der Waals surface area contributed by atoms with E-state index in [2.05, 4.69) is 51.6 Å². The fraction of sp³-hybridized carbons (Fsp3) is 0.227. The van der Waals surface area contributed by atoms with Gasteiger partial charge in [0.25, 0.3) is 0 Å². The zero-order chi connectivity index (χ0) is 45.1. The number of piperazine rings is 1. The number of rotatable bonds is 15. The summed E-state index contributed by atoms with van der Waals surface area (Å²) in [5.41, 5.74) is 6.27. The number of benzene rings is 4. The summed E-state index contributed by atoms with van der Waals surface area (Å²) in [6.07, 6.45) is 2.08. The second kappa shape index (κ2) is 19.0. The topological polar surface area (TPSA) is 212 Å². The molecular formula is C44H39Cl2N15O3S2. The third-order valence-corrected chi connectivity index (χ3v) is 13.5. The van der Waals surface area contributed by atoms with Gasteiger partial charge in [-0.2, -0.15) is 5.10 Å². The molecule has 0 spiro atoms. The van der Waals surface area contributed by atoms with Crippen molar-refractivity contribution in [1.29, 1.82) is 0 Å². The van der Waals surface area contributed by atoms with Gasteiger partial charge < -0.3 is 35.4 Å². The molecule has 4 aromatic carbocycles. The van der Waals surface area contributed by atoms with Gasteiger partial charge in [-0.3, -0.25) is 0 Å². The van der Waals surface area contributed by atoms with Crippen LogP contribution in [0.1, 0.15) is 21.8 Å². The first-order valence-electron chi connectivity index (χ1n) is 20.7. The molecule has 0 aliphatic carbocycles. The van der Waals surface area contributed by atoms with Crippen molar-refractivity contribution in [2.75, 3.05) is 55.9 Å². The van der Waals surface area contributed by atoms with Crippen molar-refractivity contribution in [3.05, 3.63) is 111 Å². The minimum Gasteiger partial charge on any atom is -0.497 e. The zero-order valence-corrected chi connectivity index (χ0v) is 38.5. The minimum absolute atomic E-state index is 0.0116. The Labute approximate surface area is 395 Å². The molecule has 22 heteroatoms. The molecule has 6 heterocycles. The van der Waals surface area contributed by atoms with Crippen LogP contribution in [0.2, 0.25) is 10.0 Å². The molecule has 66 heavy (non-hydrogen) atoms. The molecule has 1 aliphatic heterocycles. The normalized spacial score (nSPS) is 13.3. The highest BCUT2D eigenvalue weighted by Gasteiger charge is 2.24. The molecular weight excluding hydrogens is 922 g/mol.